The van der Waals surface area contributed by atoms with Crippen LogP contribution in [-0.4, -0.2) is 53.2 Å². The van der Waals surface area contributed by atoms with E-state index in [4.69, 9.17) is 4.74 Å². The van der Waals surface area contributed by atoms with E-state index in [2.05, 4.69) is 20.2 Å². The van der Waals surface area contributed by atoms with Crippen LogP contribution < -0.4 is 10.1 Å². The number of aromatic nitrogens is 2. The molecule has 0 amide bonds. The Balaban J connectivity index is 1.38. The third-order valence-electron chi connectivity index (χ3n) is 4.38. The number of nitrogens with one attached hydrogen (secondary N) is 1. The Morgan fingerprint density at radius 3 is 2.95 bits per heavy atom. The van der Waals surface area contributed by atoms with Crippen molar-refractivity contribution >= 4 is 0 Å². The molecular formula is C14H20N4O. The van der Waals surface area contributed by atoms with E-state index in [0.29, 0.717) is 17.8 Å². The number of piperazine rings is 1. The minimum atomic E-state index is 0.269. The lowest BCUT2D eigenvalue weighted by molar-refractivity contribution is 0.182. The van der Waals surface area contributed by atoms with Crippen LogP contribution in [0.2, 0.25) is 0 Å². The van der Waals surface area contributed by atoms with Crippen LogP contribution in [0.25, 0.3) is 0 Å². The second kappa shape index (κ2) is 4.72. The van der Waals surface area contributed by atoms with Crippen LogP contribution in [0.3, 0.4) is 0 Å². The minimum absolute atomic E-state index is 0.269. The van der Waals surface area contributed by atoms with Gasteiger partial charge in [0.25, 0.3) is 0 Å². The summed E-state index contributed by atoms with van der Waals surface area (Å²) >= 11 is 0. The monoisotopic (exact) mass is 260 g/mol. The molecule has 2 atom stereocenters. The van der Waals surface area contributed by atoms with Crippen molar-refractivity contribution in [3.63, 3.8) is 0 Å². The highest BCUT2D eigenvalue weighted by atomic mass is 16.5. The Morgan fingerprint density at radius 2 is 2.21 bits per heavy atom. The summed E-state index contributed by atoms with van der Waals surface area (Å²) in [5, 5.41) is 3.44. The summed E-state index contributed by atoms with van der Waals surface area (Å²) < 4.78 is 5.98. The number of hydrogen-bond donors (Lipinski definition) is 1. The zero-order valence-electron chi connectivity index (χ0n) is 11.1. The molecule has 1 aromatic rings. The van der Waals surface area contributed by atoms with Crippen LogP contribution in [0.1, 0.15) is 30.9 Å². The van der Waals surface area contributed by atoms with Crippen molar-refractivity contribution in [2.45, 2.75) is 37.3 Å². The van der Waals surface area contributed by atoms with Crippen LogP contribution in [0.4, 0.5) is 0 Å². The van der Waals surface area contributed by atoms with Crippen molar-refractivity contribution in [1.29, 1.82) is 0 Å². The summed E-state index contributed by atoms with van der Waals surface area (Å²) in [6.45, 7) is 4.35. The van der Waals surface area contributed by atoms with Gasteiger partial charge in [0.1, 0.15) is 6.10 Å². The molecular weight excluding hydrogens is 240 g/mol. The van der Waals surface area contributed by atoms with Gasteiger partial charge in [-0.1, -0.05) is 0 Å². The van der Waals surface area contributed by atoms with Crippen LogP contribution in [0.15, 0.2) is 12.4 Å². The first-order valence-electron chi connectivity index (χ1n) is 7.32. The van der Waals surface area contributed by atoms with Gasteiger partial charge in [-0.3, -0.25) is 9.88 Å². The van der Waals surface area contributed by atoms with Crippen LogP contribution in [0, 0.1) is 0 Å². The first kappa shape index (κ1) is 11.6. The zero-order chi connectivity index (χ0) is 12.7. The molecule has 4 rings (SSSR count). The molecule has 19 heavy (non-hydrogen) atoms. The lowest BCUT2D eigenvalue weighted by Gasteiger charge is -2.29. The number of nitrogens with zero attached hydrogens (tertiary/aromatic N) is 3. The predicted octanol–water partition coefficient (Wildman–Crippen LogP) is 0.779. The van der Waals surface area contributed by atoms with Gasteiger partial charge in [-0.25, -0.2) is 4.98 Å². The largest absolute Gasteiger partial charge is 0.472 e. The molecule has 0 bridgehead atoms. The number of fused-ring (bicyclic) bond motifs is 1. The molecule has 1 aromatic heterocycles. The third kappa shape index (κ3) is 2.44. The van der Waals surface area contributed by atoms with Gasteiger partial charge in [0.2, 0.25) is 5.88 Å². The molecule has 0 radical (unpaired) electrons. The van der Waals surface area contributed by atoms with Crippen molar-refractivity contribution in [1.82, 2.24) is 20.2 Å². The molecule has 102 valence electrons. The summed E-state index contributed by atoms with van der Waals surface area (Å²) in [4.78, 5) is 11.4. The molecule has 1 aliphatic carbocycles. The van der Waals surface area contributed by atoms with E-state index in [9.17, 15) is 0 Å². The Morgan fingerprint density at radius 1 is 1.26 bits per heavy atom. The average Bonchev–Trinajstić information content (AvgIpc) is 3.20. The summed E-state index contributed by atoms with van der Waals surface area (Å²) in [7, 11) is 0. The molecule has 2 unspecified atom stereocenters. The maximum absolute atomic E-state index is 5.98. The summed E-state index contributed by atoms with van der Waals surface area (Å²) in [5.74, 6) is 1.34. The molecule has 0 aromatic carbocycles. The fourth-order valence-electron chi connectivity index (χ4n) is 3.15. The molecule has 5 nitrogen and oxygen atoms in total. The van der Waals surface area contributed by atoms with E-state index in [1.54, 1.807) is 6.20 Å². The molecule has 3 fully saturated rings. The lowest BCUT2D eigenvalue weighted by atomic mass is 10.2. The predicted molar refractivity (Wildman–Crippen MR) is 71.3 cm³/mol. The Labute approximate surface area is 113 Å². The van der Waals surface area contributed by atoms with E-state index in [0.717, 1.165) is 38.3 Å². The van der Waals surface area contributed by atoms with E-state index < -0.39 is 0 Å². The highest BCUT2D eigenvalue weighted by molar-refractivity contribution is 5.15. The number of ether oxygens (including phenoxy) is 1. The van der Waals surface area contributed by atoms with Crippen molar-refractivity contribution in [3.8, 4) is 5.88 Å². The minimum Gasteiger partial charge on any atom is -0.472 e. The average molecular weight is 260 g/mol. The summed E-state index contributed by atoms with van der Waals surface area (Å²) in [6.07, 6.45) is 7.58. The Kier molecular flexibility index (Phi) is 2.89. The van der Waals surface area contributed by atoms with Gasteiger partial charge in [-0.05, 0) is 12.8 Å². The number of rotatable bonds is 3. The second-order valence-corrected chi connectivity index (χ2v) is 5.88. The van der Waals surface area contributed by atoms with E-state index in [-0.39, 0.29) is 6.10 Å². The van der Waals surface area contributed by atoms with Crippen molar-refractivity contribution in [2.75, 3.05) is 26.2 Å². The molecule has 3 aliphatic rings. The van der Waals surface area contributed by atoms with Gasteiger partial charge in [0.15, 0.2) is 0 Å². The fraction of sp³-hybridized carbons (Fsp3) is 0.714. The Hall–Kier alpha value is -1.20. The van der Waals surface area contributed by atoms with Crippen molar-refractivity contribution in [2.24, 2.45) is 0 Å². The summed E-state index contributed by atoms with van der Waals surface area (Å²) in [6, 6.07) is 0.637. The van der Waals surface area contributed by atoms with Crippen LogP contribution >= 0.6 is 0 Å². The first-order valence-corrected chi connectivity index (χ1v) is 7.32. The van der Waals surface area contributed by atoms with E-state index in [1.807, 2.05) is 6.20 Å². The maximum Gasteiger partial charge on any atom is 0.232 e. The smallest absolute Gasteiger partial charge is 0.232 e. The van der Waals surface area contributed by atoms with Gasteiger partial charge >= 0.3 is 0 Å². The van der Waals surface area contributed by atoms with Gasteiger partial charge < -0.3 is 10.1 Å². The van der Waals surface area contributed by atoms with Gasteiger partial charge in [-0.15, -0.1) is 0 Å². The molecule has 1 N–H and O–H groups in total. The van der Waals surface area contributed by atoms with Gasteiger partial charge in [0.05, 0.1) is 18.1 Å². The topological polar surface area (TPSA) is 50.3 Å². The van der Waals surface area contributed by atoms with Crippen molar-refractivity contribution in [3.05, 3.63) is 18.1 Å². The molecule has 2 aliphatic heterocycles. The van der Waals surface area contributed by atoms with Crippen LogP contribution in [-0.2, 0) is 0 Å². The molecule has 0 spiro atoms. The third-order valence-corrected chi connectivity index (χ3v) is 4.38. The van der Waals surface area contributed by atoms with Gasteiger partial charge in [-0.2, -0.15) is 0 Å². The highest BCUT2D eigenvalue weighted by Crippen LogP contribution is 2.38. The second-order valence-electron chi connectivity index (χ2n) is 5.88. The molecule has 2 saturated heterocycles. The summed E-state index contributed by atoms with van der Waals surface area (Å²) in [5.41, 5.74) is 1.13. The normalized spacial score (nSPS) is 31.2. The van der Waals surface area contributed by atoms with E-state index >= 15 is 0 Å². The fourth-order valence-corrected chi connectivity index (χ4v) is 3.15. The zero-order valence-corrected chi connectivity index (χ0v) is 11.1. The highest BCUT2D eigenvalue weighted by Gasteiger charge is 2.35. The molecule has 5 heteroatoms. The number of hydrogen-bond acceptors (Lipinski definition) is 5. The first-order chi connectivity index (χ1) is 9.38. The molecule has 1 saturated carbocycles. The standard InChI is InChI=1S/C14H20N4O/c1-2-10(1)13-7-17-14(8-16-13)19-12-5-11-6-15-3-4-18(11)9-12/h7-8,10-12,15H,1-6,9H2. The van der Waals surface area contributed by atoms with Crippen molar-refractivity contribution < 1.29 is 4.74 Å². The quantitative estimate of drug-likeness (QED) is 0.870. The Bertz CT molecular complexity index is 431. The lowest BCUT2D eigenvalue weighted by Crippen LogP contribution is -2.47. The van der Waals surface area contributed by atoms with E-state index in [1.165, 1.54) is 12.8 Å². The maximum atomic E-state index is 5.98. The van der Waals surface area contributed by atoms with Gasteiger partial charge in [0, 0.05) is 44.6 Å². The van der Waals surface area contributed by atoms with Crippen LogP contribution in [0.5, 0.6) is 5.88 Å². The molecule has 3 heterocycles. The SMILES string of the molecule is c1nc(C2CC2)cnc1OC1CC2CNCCN2C1.